The van der Waals surface area contributed by atoms with Crippen molar-refractivity contribution in [2.45, 2.75) is 33.8 Å². The lowest BCUT2D eigenvalue weighted by Gasteiger charge is -2.22. The van der Waals surface area contributed by atoms with Crippen LogP contribution < -0.4 is 0 Å². The van der Waals surface area contributed by atoms with Gasteiger partial charge in [-0.1, -0.05) is 27.7 Å². The highest BCUT2D eigenvalue weighted by molar-refractivity contribution is 7.09. The predicted octanol–water partition coefficient (Wildman–Crippen LogP) is 2.47. The van der Waals surface area contributed by atoms with Crippen LogP contribution in [0.3, 0.4) is 0 Å². The minimum absolute atomic E-state index is 0.384. The standard InChI is InChI=1S/C7H17OP/c1-5(2)7(8-9)6(3)4/h5-7H,9H2,1-4H3. The Balaban J connectivity index is 3.68. The molecule has 0 rings (SSSR count). The highest BCUT2D eigenvalue weighted by Gasteiger charge is 2.15. The summed E-state index contributed by atoms with van der Waals surface area (Å²) >= 11 is 0. The van der Waals surface area contributed by atoms with Crippen molar-refractivity contribution >= 4 is 9.47 Å². The van der Waals surface area contributed by atoms with Crippen LogP contribution in [0, 0.1) is 11.8 Å². The van der Waals surface area contributed by atoms with E-state index in [1.165, 1.54) is 0 Å². The zero-order valence-corrected chi connectivity index (χ0v) is 7.87. The smallest absolute Gasteiger partial charge is 0.0656 e. The van der Waals surface area contributed by atoms with Crippen molar-refractivity contribution in [2.24, 2.45) is 11.8 Å². The van der Waals surface area contributed by atoms with Gasteiger partial charge in [-0.3, -0.25) is 0 Å². The summed E-state index contributed by atoms with van der Waals surface area (Å²) in [6, 6.07) is 0. The Kier molecular flexibility index (Phi) is 4.43. The number of hydrogen-bond donors (Lipinski definition) is 0. The molecule has 0 heterocycles. The molecule has 0 aliphatic rings. The molecule has 0 aromatic rings. The third kappa shape index (κ3) is 3.17. The second-order valence-electron chi connectivity index (χ2n) is 3.09. The first kappa shape index (κ1) is 9.39. The lowest BCUT2D eigenvalue weighted by molar-refractivity contribution is 0.129. The van der Waals surface area contributed by atoms with E-state index in [1.54, 1.807) is 0 Å². The first-order chi connectivity index (χ1) is 4.09. The van der Waals surface area contributed by atoms with Gasteiger partial charge in [-0.05, 0) is 11.8 Å². The average molecular weight is 148 g/mol. The van der Waals surface area contributed by atoms with Gasteiger partial charge < -0.3 is 4.52 Å². The molecule has 0 saturated heterocycles. The Morgan fingerprint density at radius 1 is 1.00 bits per heavy atom. The van der Waals surface area contributed by atoms with Crippen molar-refractivity contribution in [3.05, 3.63) is 0 Å². The van der Waals surface area contributed by atoms with Crippen LogP contribution in [0.5, 0.6) is 0 Å². The maximum Gasteiger partial charge on any atom is 0.0656 e. The second kappa shape index (κ2) is 4.24. The van der Waals surface area contributed by atoms with Crippen LogP contribution in [0.2, 0.25) is 0 Å². The Hall–Kier alpha value is 0.390. The summed E-state index contributed by atoms with van der Waals surface area (Å²) in [4.78, 5) is 0. The molecule has 0 N–H and O–H groups in total. The van der Waals surface area contributed by atoms with Gasteiger partial charge in [0.15, 0.2) is 0 Å². The second-order valence-corrected chi connectivity index (χ2v) is 3.36. The van der Waals surface area contributed by atoms with Crippen molar-refractivity contribution in [3.8, 4) is 0 Å². The topological polar surface area (TPSA) is 9.23 Å². The normalized spacial score (nSPS) is 12.0. The van der Waals surface area contributed by atoms with E-state index in [9.17, 15) is 0 Å². The zero-order valence-electron chi connectivity index (χ0n) is 6.72. The molecule has 2 heteroatoms. The molecule has 0 fully saturated rings. The van der Waals surface area contributed by atoms with E-state index in [-0.39, 0.29) is 0 Å². The van der Waals surface area contributed by atoms with Crippen LogP contribution in [0.1, 0.15) is 27.7 Å². The molecule has 0 aromatic carbocycles. The molecule has 0 radical (unpaired) electrons. The fourth-order valence-corrected chi connectivity index (χ4v) is 1.71. The van der Waals surface area contributed by atoms with Gasteiger partial charge in [0.25, 0.3) is 0 Å². The third-order valence-electron chi connectivity index (χ3n) is 1.47. The molecule has 0 saturated carbocycles. The van der Waals surface area contributed by atoms with Crippen LogP contribution >= 0.6 is 9.47 Å². The van der Waals surface area contributed by atoms with Gasteiger partial charge in [0, 0.05) is 9.47 Å². The first-order valence-corrected chi connectivity index (χ1v) is 3.92. The maximum absolute atomic E-state index is 5.19. The summed E-state index contributed by atoms with van der Waals surface area (Å²) in [6.07, 6.45) is 0.384. The van der Waals surface area contributed by atoms with Crippen LogP contribution in [-0.2, 0) is 4.52 Å². The van der Waals surface area contributed by atoms with Crippen molar-refractivity contribution in [1.82, 2.24) is 0 Å². The van der Waals surface area contributed by atoms with Gasteiger partial charge in [-0.25, -0.2) is 0 Å². The molecule has 0 spiro atoms. The Morgan fingerprint density at radius 3 is 1.33 bits per heavy atom. The highest BCUT2D eigenvalue weighted by atomic mass is 31.0. The van der Waals surface area contributed by atoms with Crippen molar-refractivity contribution < 1.29 is 4.52 Å². The van der Waals surface area contributed by atoms with Crippen molar-refractivity contribution in [3.63, 3.8) is 0 Å². The molecule has 56 valence electrons. The Morgan fingerprint density at radius 2 is 1.33 bits per heavy atom. The maximum atomic E-state index is 5.19. The molecule has 9 heavy (non-hydrogen) atoms. The van der Waals surface area contributed by atoms with Crippen molar-refractivity contribution in [1.29, 1.82) is 0 Å². The number of hydrogen-bond acceptors (Lipinski definition) is 1. The van der Waals surface area contributed by atoms with Gasteiger partial charge in [-0.2, -0.15) is 0 Å². The highest BCUT2D eigenvalue weighted by Crippen LogP contribution is 2.17. The van der Waals surface area contributed by atoms with E-state index in [0.29, 0.717) is 17.9 Å². The SMILES string of the molecule is CC(C)C(OP)C(C)C. The first-order valence-electron chi connectivity index (χ1n) is 3.45. The lowest BCUT2D eigenvalue weighted by atomic mass is 9.97. The quantitative estimate of drug-likeness (QED) is 0.559. The fraction of sp³-hybridized carbons (Fsp3) is 1.00. The van der Waals surface area contributed by atoms with Crippen LogP contribution in [0.25, 0.3) is 0 Å². The largest absolute Gasteiger partial charge is 0.362 e. The van der Waals surface area contributed by atoms with Crippen molar-refractivity contribution in [2.75, 3.05) is 0 Å². The molecule has 1 unspecified atom stereocenters. The van der Waals surface area contributed by atoms with E-state index < -0.39 is 0 Å². The monoisotopic (exact) mass is 148 g/mol. The minimum Gasteiger partial charge on any atom is -0.362 e. The van der Waals surface area contributed by atoms with E-state index >= 15 is 0 Å². The molecular weight excluding hydrogens is 131 g/mol. The molecule has 0 amide bonds. The van der Waals surface area contributed by atoms with E-state index in [1.807, 2.05) is 0 Å². The zero-order chi connectivity index (χ0) is 7.44. The van der Waals surface area contributed by atoms with E-state index in [2.05, 4.69) is 37.2 Å². The molecule has 0 aromatic heterocycles. The summed E-state index contributed by atoms with van der Waals surface area (Å²) < 4.78 is 5.19. The van der Waals surface area contributed by atoms with E-state index in [4.69, 9.17) is 4.52 Å². The lowest BCUT2D eigenvalue weighted by Crippen LogP contribution is -2.21. The van der Waals surface area contributed by atoms with E-state index in [0.717, 1.165) is 0 Å². The fourth-order valence-electron chi connectivity index (χ4n) is 1.08. The summed E-state index contributed by atoms with van der Waals surface area (Å²) in [5.74, 6) is 1.23. The average Bonchev–Trinajstić information content (AvgIpc) is 1.64. The Labute approximate surface area is 60.5 Å². The molecule has 0 aliphatic heterocycles. The summed E-state index contributed by atoms with van der Waals surface area (Å²) in [5, 5.41) is 0. The van der Waals surface area contributed by atoms with Gasteiger partial charge in [0.05, 0.1) is 6.10 Å². The van der Waals surface area contributed by atoms with Crippen LogP contribution in [-0.4, -0.2) is 6.10 Å². The van der Waals surface area contributed by atoms with Crippen LogP contribution in [0.4, 0.5) is 0 Å². The summed E-state index contributed by atoms with van der Waals surface area (Å²) in [6.45, 7) is 8.70. The molecular formula is C7H17OP. The summed E-state index contributed by atoms with van der Waals surface area (Å²) in [5.41, 5.74) is 0. The molecule has 1 atom stereocenters. The van der Waals surface area contributed by atoms with Crippen LogP contribution in [0.15, 0.2) is 0 Å². The van der Waals surface area contributed by atoms with Gasteiger partial charge in [0.2, 0.25) is 0 Å². The molecule has 1 nitrogen and oxygen atoms in total. The molecule has 0 bridgehead atoms. The Bertz CT molecular complexity index is 63.3. The van der Waals surface area contributed by atoms with Gasteiger partial charge >= 0.3 is 0 Å². The van der Waals surface area contributed by atoms with Gasteiger partial charge in [0.1, 0.15) is 0 Å². The predicted molar refractivity (Wildman–Crippen MR) is 44.3 cm³/mol. The third-order valence-corrected chi connectivity index (χ3v) is 1.79. The number of rotatable bonds is 3. The summed E-state index contributed by atoms with van der Waals surface area (Å²) in [7, 11) is 2.33. The van der Waals surface area contributed by atoms with Gasteiger partial charge in [-0.15, -0.1) is 0 Å². The molecule has 0 aliphatic carbocycles. The minimum atomic E-state index is 0.384.